The van der Waals surface area contributed by atoms with Crippen molar-refractivity contribution in [3.05, 3.63) is 80.2 Å². The van der Waals surface area contributed by atoms with E-state index >= 15 is 0 Å². The number of hydrogen-bond donors (Lipinski definition) is 2. The summed E-state index contributed by atoms with van der Waals surface area (Å²) in [5, 5.41) is 0.745. The van der Waals surface area contributed by atoms with Crippen molar-refractivity contribution < 1.29 is 14.3 Å². The van der Waals surface area contributed by atoms with Gasteiger partial charge in [0.1, 0.15) is 10.4 Å². The molecule has 2 N–H and O–H groups in total. The van der Waals surface area contributed by atoms with Crippen LogP contribution in [0.4, 0.5) is 5.13 Å². The Morgan fingerprint density at radius 3 is 2.61 bits per heavy atom. The molecule has 0 unspecified atom stereocenters. The molecule has 0 aliphatic carbocycles. The predicted molar refractivity (Wildman–Crippen MR) is 126 cm³/mol. The summed E-state index contributed by atoms with van der Waals surface area (Å²) < 4.78 is 6.82. The minimum atomic E-state index is -0.678. The second kappa shape index (κ2) is 9.97. The standard InChI is InChI=1S/C23H25N5O4S/c1-15-5-3-6-17(13-15)14-28-8-4-7-18(22(28)31)20(29)25-26-21(30)19-16(2)24-23(33-19)27-9-11-32-12-10-27/h3-8,13H,9-12,14H2,1-2H3,(H,25,29)(H,26,30). The number of rotatable bonds is 5. The minimum Gasteiger partial charge on any atom is -0.378 e. The van der Waals surface area contributed by atoms with Crippen molar-refractivity contribution in [2.24, 2.45) is 0 Å². The van der Waals surface area contributed by atoms with Gasteiger partial charge in [-0.05, 0) is 31.5 Å². The molecule has 0 bridgehead atoms. The molecule has 0 radical (unpaired) electrons. The number of aryl methyl sites for hydroxylation is 2. The number of hydrazine groups is 1. The molecule has 0 saturated carbocycles. The number of aromatic nitrogens is 2. The maximum atomic E-state index is 12.8. The SMILES string of the molecule is Cc1cccc(Cn2cccc(C(=O)NNC(=O)c3sc(N4CCOCC4)nc3C)c2=O)c1. The third kappa shape index (κ3) is 5.29. The Hall–Kier alpha value is -3.50. The van der Waals surface area contributed by atoms with E-state index in [-0.39, 0.29) is 5.56 Å². The summed E-state index contributed by atoms with van der Waals surface area (Å²) in [6.07, 6.45) is 1.63. The molecule has 172 valence electrons. The third-order valence-corrected chi connectivity index (χ3v) is 6.48. The van der Waals surface area contributed by atoms with E-state index in [0.29, 0.717) is 43.4 Å². The summed E-state index contributed by atoms with van der Waals surface area (Å²) in [7, 11) is 0. The van der Waals surface area contributed by atoms with Crippen LogP contribution in [0.1, 0.15) is 36.9 Å². The van der Waals surface area contributed by atoms with Crippen molar-refractivity contribution in [1.29, 1.82) is 0 Å². The van der Waals surface area contributed by atoms with Crippen molar-refractivity contribution >= 4 is 28.3 Å². The quantitative estimate of drug-likeness (QED) is 0.555. The molecule has 10 heteroatoms. The number of ether oxygens (including phenoxy) is 1. The van der Waals surface area contributed by atoms with Crippen LogP contribution < -0.4 is 21.3 Å². The van der Waals surface area contributed by atoms with Crippen LogP contribution in [0.3, 0.4) is 0 Å². The number of amides is 2. The molecule has 4 rings (SSSR count). The maximum absolute atomic E-state index is 12.8. The van der Waals surface area contributed by atoms with E-state index in [1.807, 2.05) is 31.2 Å². The molecule has 3 aromatic rings. The first-order valence-electron chi connectivity index (χ1n) is 10.6. The normalized spacial score (nSPS) is 13.6. The summed E-state index contributed by atoms with van der Waals surface area (Å²) in [5.74, 6) is -1.16. The number of pyridine rings is 1. The van der Waals surface area contributed by atoms with Gasteiger partial charge in [-0.3, -0.25) is 25.2 Å². The Bertz CT molecular complexity index is 1230. The monoisotopic (exact) mass is 467 g/mol. The minimum absolute atomic E-state index is 0.0551. The number of carbonyl (C=O) groups is 2. The highest BCUT2D eigenvalue weighted by molar-refractivity contribution is 7.17. The molecule has 9 nitrogen and oxygen atoms in total. The fraction of sp³-hybridized carbons (Fsp3) is 0.304. The zero-order valence-corrected chi connectivity index (χ0v) is 19.3. The number of hydrogen-bond acceptors (Lipinski definition) is 7. The van der Waals surface area contributed by atoms with Crippen LogP contribution in [0.15, 0.2) is 47.4 Å². The van der Waals surface area contributed by atoms with Crippen LogP contribution in [0.2, 0.25) is 0 Å². The first-order chi connectivity index (χ1) is 15.9. The third-order valence-electron chi connectivity index (χ3n) is 5.26. The van der Waals surface area contributed by atoms with Gasteiger partial charge >= 0.3 is 0 Å². The molecule has 2 amide bonds. The summed E-state index contributed by atoms with van der Waals surface area (Å²) in [4.78, 5) is 45.0. The van der Waals surface area contributed by atoms with Crippen LogP contribution in [0.5, 0.6) is 0 Å². The fourth-order valence-corrected chi connectivity index (χ4v) is 4.58. The smallest absolute Gasteiger partial charge is 0.281 e. The van der Waals surface area contributed by atoms with Gasteiger partial charge in [-0.2, -0.15) is 0 Å². The molecule has 1 fully saturated rings. The number of anilines is 1. The molecule has 1 aliphatic heterocycles. The summed E-state index contributed by atoms with van der Waals surface area (Å²) >= 11 is 1.26. The van der Waals surface area contributed by atoms with Gasteiger partial charge < -0.3 is 14.2 Å². The highest BCUT2D eigenvalue weighted by atomic mass is 32.1. The lowest BCUT2D eigenvalue weighted by Crippen LogP contribution is -2.44. The lowest BCUT2D eigenvalue weighted by atomic mass is 10.1. The van der Waals surface area contributed by atoms with Crippen LogP contribution >= 0.6 is 11.3 Å². The van der Waals surface area contributed by atoms with Crippen LogP contribution in [0, 0.1) is 13.8 Å². The molecule has 1 aliphatic rings. The van der Waals surface area contributed by atoms with Gasteiger partial charge in [0.2, 0.25) is 0 Å². The van der Waals surface area contributed by atoms with Gasteiger partial charge in [0.05, 0.1) is 25.5 Å². The highest BCUT2D eigenvalue weighted by Crippen LogP contribution is 2.26. The van der Waals surface area contributed by atoms with E-state index in [2.05, 4.69) is 20.7 Å². The lowest BCUT2D eigenvalue weighted by Gasteiger charge is -2.25. The Morgan fingerprint density at radius 2 is 1.85 bits per heavy atom. The molecule has 0 atom stereocenters. The number of nitrogens with one attached hydrogen (secondary N) is 2. The number of nitrogens with zero attached hydrogens (tertiary/aromatic N) is 3. The second-order valence-corrected chi connectivity index (χ2v) is 8.74. The van der Waals surface area contributed by atoms with Crippen LogP contribution in [0.25, 0.3) is 0 Å². The van der Waals surface area contributed by atoms with E-state index in [1.165, 1.54) is 22.0 Å². The topological polar surface area (TPSA) is 106 Å². The first kappa shape index (κ1) is 22.7. The van der Waals surface area contributed by atoms with Crippen molar-refractivity contribution in [3.63, 3.8) is 0 Å². The van der Waals surface area contributed by atoms with Crippen molar-refractivity contribution in [2.45, 2.75) is 20.4 Å². The highest BCUT2D eigenvalue weighted by Gasteiger charge is 2.21. The molecule has 33 heavy (non-hydrogen) atoms. The van der Waals surface area contributed by atoms with E-state index < -0.39 is 17.4 Å². The van der Waals surface area contributed by atoms with Crippen molar-refractivity contribution in [1.82, 2.24) is 20.4 Å². The Balaban J connectivity index is 1.42. The van der Waals surface area contributed by atoms with Crippen molar-refractivity contribution in [2.75, 3.05) is 31.2 Å². The fourth-order valence-electron chi connectivity index (χ4n) is 3.56. The molecule has 0 spiro atoms. The average molecular weight is 468 g/mol. The van der Waals surface area contributed by atoms with Gasteiger partial charge in [-0.1, -0.05) is 41.2 Å². The molecule has 1 aromatic carbocycles. The van der Waals surface area contributed by atoms with E-state index in [0.717, 1.165) is 16.3 Å². The van der Waals surface area contributed by atoms with Crippen LogP contribution in [-0.4, -0.2) is 47.7 Å². The number of thiazole rings is 1. The van der Waals surface area contributed by atoms with E-state index in [9.17, 15) is 14.4 Å². The Labute approximate surface area is 195 Å². The van der Waals surface area contributed by atoms with Crippen molar-refractivity contribution in [3.8, 4) is 0 Å². The number of benzene rings is 1. The van der Waals surface area contributed by atoms with E-state index in [4.69, 9.17) is 4.74 Å². The largest absolute Gasteiger partial charge is 0.378 e. The zero-order chi connectivity index (χ0) is 23.4. The van der Waals surface area contributed by atoms with Gasteiger partial charge in [0.15, 0.2) is 5.13 Å². The summed E-state index contributed by atoms with van der Waals surface area (Å²) in [6.45, 7) is 6.74. The Kier molecular flexibility index (Phi) is 6.85. The predicted octanol–water partition coefficient (Wildman–Crippen LogP) is 1.88. The number of carbonyl (C=O) groups excluding carboxylic acids is 2. The zero-order valence-electron chi connectivity index (χ0n) is 18.5. The maximum Gasteiger partial charge on any atom is 0.281 e. The summed E-state index contributed by atoms with van der Waals surface area (Å²) in [6, 6.07) is 10.9. The van der Waals surface area contributed by atoms with E-state index in [1.54, 1.807) is 19.2 Å². The molecular weight excluding hydrogens is 442 g/mol. The van der Waals surface area contributed by atoms with Crippen LogP contribution in [-0.2, 0) is 11.3 Å². The Morgan fingerprint density at radius 1 is 1.09 bits per heavy atom. The lowest BCUT2D eigenvalue weighted by molar-refractivity contribution is 0.0847. The first-order valence-corrected chi connectivity index (χ1v) is 11.4. The van der Waals surface area contributed by atoms with Gasteiger partial charge in [-0.15, -0.1) is 0 Å². The van der Waals surface area contributed by atoms with Gasteiger partial charge in [-0.25, -0.2) is 4.98 Å². The summed E-state index contributed by atoms with van der Waals surface area (Å²) in [5.41, 5.74) is 6.88. The molecule has 2 aromatic heterocycles. The number of morpholine rings is 1. The molecule has 1 saturated heterocycles. The average Bonchev–Trinajstić information content (AvgIpc) is 3.21. The molecule has 3 heterocycles. The van der Waals surface area contributed by atoms with Gasteiger partial charge in [0.25, 0.3) is 17.4 Å². The molecular formula is C23H25N5O4S. The second-order valence-electron chi connectivity index (χ2n) is 7.76. The van der Waals surface area contributed by atoms with Gasteiger partial charge in [0, 0.05) is 19.3 Å².